The first kappa shape index (κ1) is 26.1. The summed E-state index contributed by atoms with van der Waals surface area (Å²) in [6, 6.07) is 8.32. The van der Waals surface area contributed by atoms with Gasteiger partial charge in [-0.2, -0.15) is 4.31 Å². The summed E-state index contributed by atoms with van der Waals surface area (Å²) in [7, 11) is -2.08. The lowest BCUT2D eigenvalue weighted by atomic mass is 9.96. The van der Waals surface area contributed by atoms with Crippen molar-refractivity contribution >= 4 is 50.3 Å². The summed E-state index contributed by atoms with van der Waals surface area (Å²) in [4.78, 5) is 32.9. The van der Waals surface area contributed by atoms with Crippen LogP contribution in [0.5, 0.6) is 0 Å². The van der Waals surface area contributed by atoms with E-state index in [-0.39, 0.29) is 21.6 Å². The number of sulfonamides is 1. The number of benzene rings is 2. The van der Waals surface area contributed by atoms with Crippen LogP contribution in [0.2, 0.25) is 0 Å². The Morgan fingerprint density at radius 2 is 1.54 bits per heavy atom. The van der Waals surface area contributed by atoms with Gasteiger partial charge in [0.15, 0.2) is 5.11 Å². The highest BCUT2D eigenvalue weighted by Crippen LogP contribution is 2.27. The molecule has 14 heteroatoms. The van der Waals surface area contributed by atoms with Crippen molar-refractivity contribution in [3.05, 3.63) is 68.3 Å². The van der Waals surface area contributed by atoms with Crippen molar-refractivity contribution in [2.75, 3.05) is 12.4 Å². The molecule has 0 unspecified atom stereocenters. The molecule has 2 aromatic rings. The smallest absolute Gasteiger partial charge is 0.277 e. The van der Waals surface area contributed by atoms with Gasteiger partial charge in [0.05, 0.1) is 26.4 Å². The van der Waals surface area contributed by atoms with Gasteiger partial charge in [-0.05, 0) is 49.3 Å². The summed E-state index contributed by atoms with van der Waals surface area (Å²) in [5, 5.41) is 26.8. The highest BCUT2D eigenvalue weighted by Gasteiger charge is 2.29. The second-order valence-corrected chi connectivity index (χ2v) is 10.4. The number of rotatable bonds is 7. The Bertz CT molecular complexity index is 1230. The second-order valence-electron chi connectivity index (χ2n) is 8.00. The van der Waals surface area contributed by atoms with E-state index in [4.69, 9.17) is 12.2 Å². The molecule has 0 spiro atoms. The van der Waals surface area contributed by atoms with Gasteiger partial charge in [-0.3, -0.25) is 30.3 Å². The third kappa shape index (κ3) is 6.35. The standard InChI is InChI=1S/C21H23N5O7S2/c1-24(16-5-3-2-4-6-16)35(32,33)19-9-7-15(8-10-19)22-21(34)23-20(27)14-11-17(25(28)29)13-18(12-14)26(30)31/h7-13,16H,2-6H2,1H3,(H2,22,23,27,34). The molecular formula is C21H23N5O7S2. The van der Waals surface area contributed by atoms with E-state index in [1.807, 2.05) is 0 Å². The monoisotopic (exact) mass is 521 g/mol. The fraction of sp³-hybridized carbons (Fsp3) is 0.333. The summed E-state index contributed by atoms with van der Waals surface area (Å²) >= 11 is 5.08. The van der Waals surface area contributed by atoms with E-state index in [0.717, 1.165) is 50.3 Å². The minimum Gasteiger partial charge on any atom is -0.332 e. The van der Waals surface area contributed by atoms with Crippen LogP contribution in [0.4, 0.5) is 17.1 Å². The van der Waals surface area contributed by atoms with Gasteiger partial charge in [0.25, 0.3) is 17.3 Å². The van der Waals surface area contributed by atoms with Crippen LogP contribution >= 0.6 is 12.2 Å². The lowest BCUT2D eigenvalue weighted by molar-refractivity contribution is -0.394. The number of carbonyl (C=O) groups is 1. The molecule has 35 heavy (non-hydrogen) atoms. The van der Waals surface area contributed by atoms with Crippen molar-refractivity contribution < 1.29 is 23.1 Å². The molecule has 1 aliphatic rings. The minimum absolute atomic E-state index is 0.0287. The van der Waals surface area contributed by atoms with Crippen molar-refractivity contribution in [1.29, 1.82) is 0 Å². The van der Waals surface area contributed by atoms with Gasteiger partial charge in [0.2, 0.25) is 10.0 Å². The SMILES string of the molecule is CN(C1CCCCC1)S(=O)(=O)c1ccc(NC(=S)NC(=O)c2cc([N+](=O)[O-])cc([N+](=O)[O-])c2)cc1. The average Bonchev–Trinajstić information content (AvgIpc) is 2.83. The zero-order valence-corrected chi connectivity index (χ0v) is 20.3. The fourth-order valence-electron chi connectivity index (χ4n) is 3.79. The normalized spacial score (nSPS) is 14.3. The molecule has 3 rings (SSSR count). The Kier molecular flexibility index (Phi) is 8.09. The van der Waals surface area contributed by atoms with E-state index in [2.05, 4.69) is 10.6 Å². The molecule has 0 saturated heterocycles. The zero-order chi connectivity index (χ0) is 25.8. The first-order valence-electron chi connectivity index (χ1n) is 10.6. The van der Waals surface area contributed by atoms with Gasteiger partial charge < -0.3 is 5.32 Å². The Balaban J connectivity index is 1.67. The molecule has 1 amide bonds. The zero-order valence-electron chi connectivity index (χ0n) is 18.7. The van der Waals surface area contributed by atoms with Crippen LogP contribution in [0, 0.1) is 20.2 Å². The van der Waals surface area contributed by atoms with Crippen LogP contribution in [0.3, 0.4) is 0 Å². The number of nitrogens with zero attached hydrogens (tertiary/aromatic N) is 3. The molecule has 0 heterocycles. The van der Waals surface area contributed by atoms with E-state index in [0.29, 0.717) is 5.69 Å². The lowest BCUT2D eigenvalue weighted by Crippen LogP contribution is -2.38. The van der Waals surface area contributed by atoms with Gasteiger partial charge in [0.1, 0.15) is 0 Å². The molecular weight excluding hydrogens is 498 g/mol. The maximum absolute atomic E-state index is 12.9. The number of nitro benzene ring substituents is 2. The van der Waals surface area contributed by atoms with Gasteiger partial charge in [-0.15, -0.1) is 0 Å². The fourth-order valence-corrected chi connectivity index (χ4v) is 5.42. The van der Waals surface area contributed by atoms with Crippen molar-refractivity contribution in [3.63, 3.8) is 0 Å². The molecule has 0 bridgehead atoms. The van der Waals surface area contributed by atoms with Gasteiger partial charge in [0, 0.05) is 30.9 Å². The summed E-state index contributed by atoms with van der Waals surface area (Å²) in [5.41, 5.74) is -1.15. The van der Waals surface area contributed by atoms with E-state index < -0.39 is 37.2 Å². The predicted octanol–water partition coefficient (Wildman–Crippen LogP) is 3.58. The molecule has 186 valence electrons. The second kappa shape index (κ2) is 10.8. The van der Waals surface area contributed by atoms with Crippen molar-refractivity contribution in [2.45, 2.75) is 43.0 Å². The highest BCUT2D eigenvalue weighted by molar-refractivity contribution is 7.89. The van der Waals surface area contributed by atoms with Gasteiger partial charge in [-0.25, -0.2) is 8.42 Å². The maximum atomic E-state index is 12.9. The molecule has 1 aliphatic carbocycles. The first-order chi connectivity index (χ1) is 16.5. The molecule has 2 aromatic carbocycles. The van der Waals surface area contributed by atoms with Gasteiger partial charge in [-0.1, -0.05) is 19.3 Å². The summed E-state index contributed by atoms with van der Waals surface area (Å²) in [6.07, 6.45) is 4.77. The number of anilines is 1. The van der Waals surface area contributed by atoms with E-state index in [1.54, 1.807) is 7.05 Å². The quantitative estimate of drug-likeness (QED) is 0.315. The molecule has 12 nitrogen and oxygen atoms in total. The maximum Gasteiger partial charge on any atom is 0.277 e. The Morgan fingerprint density at radius 3 is 2.06 bits per heavy atom. The Labute approximate surface area is 206 Å². The van der Waals surface area contributed by atoms with Crippen LogP contribution in [-0.4, -0.2) is 46.7 Å². The summed E-state index contributed by atoms with van der Waals surface area (Å²) in [6.45, 7) is 0. The number of amides is 1. The third-order valence-electron chi connectivity index (χ3n) is 5.69. The topological polar surface area (TPSA) is 165 Å². The van der Waals surface area contributed by atoms with Crippen LogP contribution in [0.15, 0.2) is 47.4 Å². The van der Waals surface area contributed by atoms with Crippen LogP contribution in [-0.2, 0) is 10.0 Å². The number of non-ortho nitro benzene ring substituents is 2. The number of hydrogen-bond acceptors (Lipinski definition) is 8. The van der Waals surface area contributed by atoms with Crippen LogP contribution < -0.4 is 10.6 Å². The molecule has 0 aliphatic heterocycles. The van der Waals surface area contributed by atoms with E-state index in [1.165, 1.54) is 28.6 Å². The largest absolute Gasteiger partial charge is 0.332 e. The molecule has 0 aromatic heterocycles. The third-order valence-corrected chi connectivity index (χ3v) is 7.82. The minimum atomic E-state index is -3.67. The Hall–Kier alpha value is -3.49. The summed E-state index contributed by atoms with van der Waals surface area (Å²) in [5.74, 6) is -0.886. The number of nitrogens with one attached hydrogen (secondary N) is 2. The van der Waals surface area contributed by atoms with Crippen molar-refractivity contribution in [3.8, 4) is 0 Å². The molecule has 1 saturated carbocycles. The van der Waals surface area contributed by atoms with Gasteiger partial charge >= 0.3 is 0 Å². The number of nitro groups is 2. The van der Waals surface area contributed by atoms with E-state index >= 15 is 0 Å². The number of hydrogen-bond donors (Lipinski definition) is 2. The first-order valence-corrected chi connectivity index (χ1v) is 12.5. The van der Waals surface area contributed by atoms with Crippen molar-refractivity contribution in [1.82, 2.24) is 9.62 Å². The highest BCUT2D eigenvalue weighted by atomic mass is 32.2. The van der Waals surface area contributed by atoms with Crippen LogP contribution in [0.25, 0.3) is 0 Å². The molecule has 2 N–H and O–H groups in total. The number of thiocarbonyl (C=S) groups is 1. The number of carbonyl (C=O) groups excluding carboxylic acids is 1. The molecule has 1 fully saturated rings. The lowest BCUT2D eigenvalue weighted by Gasteiger charge is -2.30. The van der Waals surface area contributed by atoms with Crippen LogP contribution in [0.1, 0.15) is 42.5 Å². The predicted molar refractivity (Wildman–Crippen MR) is 132 cm³/mol. The van der Waals surface area contributed by atoms with E-state index in [9.17, 15) is 33.4 Å². The molecule has 0 radical (unpaired) electrons. The summed E-state index contributed by atoms with van der Waals surface area (Å²) < 4.78 is 27.3. The molecule has 0 atom stereocenters. The van der Waals surface area contributed by atoms with Crippen molar-refractivity contribution in [2.24, 2.45) is 0 Å². The average molecular weight is 522 g/mol. The Morgan fingerprint density at radius 1 is 1.00 bits per heavy atom.